The average molecular weight is 309 g/mol. The second kappa shape index (κ2) is 6.24. The normalized spacial score (nSPS) is 19.2. The van der Waals surface area contributed by atoms with Crippen LogP contribution in [0.25, 0.3) is 0 Å². The molecule has 2 N–H and O–H groups in total. The van der Waals surface area contributed by atoms with Gasteiger partial charge in [-0.1, -0.05) is 42.0 Å². The van der Waals surface area contributed by atoms with Crippen molar-refractivity contribution in [3.05, 3.63) is 65.2 Å². The van der Waals surface area contributed by atoms with E-state index in [1.165, 1.54) is 11.1 Å². The molecule has 0 bridgehead atoms. The fourth-order valence-corrected chi connectivity index (χ4v) is 2.92. The van der Waals surface area contributed by atoms with Gasteiger partial charge < -0.3 is 10.4 Å². The lowest BCUT2D eigenvalue weighted by Crippen LogP contribution is -2.14. The number of anilines is 1. The third kappa shape index (κ3) is 3.77. The zero-order valence-electron chi connectivity index (χ0n) is 13.0. The van der Waals surface area contributed by atoms with Crippen LogP contribution in [0.3, 0.4) is 0 Å². The molecule has 4 heteroatoms. The Labute approximate surface area is 135 Å². The maximum absolute atomic E-state index is 12.3. The summed E-state index contributed by atoms with van der Waals surface area (Å²) in [6.45, 7) is 2.05. The molecule has 0 aliphatic heterocycles. The summed E-state index contributed by atoms with van der Waals surface area (Å²) >= 11 is 0. The molecule has 1 aliphatic carbocycles. The van der Waals surface area contributed by atoms with Crippen LogP contribution >= 0.6 is 0 Å². The van der Waals surface area contributed by atoms with E-state index in [2.05, 4.69) is 30.4 Å². The number of hydrogen-bond donors (Lipinski definition) is 2. The molecule has 1 fully saturated rings. The number of hydrogen-bond acceptors (Lipinski definition) is 2. The van der Waals surface area contributed by atoms with Crippen LogP contribution in [-0.2, 0) is 16.0 Å². The molecule has 0 spiro atoms. The molecule has 4 nitrogen and oxygen atoms in total. The lowest BCUT2D eigenvalue weighted by atomic mass is 10.1. The van der Waals surface area contributed by atoms with E-state index in [0.717, 1.165) is 6.42 Å². The first-order valence-electron chi connectivity index (χ1n) is 7.71. The highest BCUT2D eigenvalue weighted by Gasteiger charge is 2.43. The number of carbonyl (C=O) groups excluding carboxylic acids is 1. The van der Waals surface area contributed by atoms with Crippen molar-refractivity contribution in [2.24, 2.45) is 5.92 Å². The number of rotatable bonds is 5. The predicted molar refractivity (Wildman–Crippen MR) is 88.4 cm³/mol. The number of aryl methyl sites for hydroxylation is 1. The maximum atomic E-state index is 12.3. The fraction of sp³-hybridized carbons (Fsp3) is 0.263. The molecule has 23 heavy (non-hydrogen) atoms. The molecule has 0 unspecified atom stereocenters. The molecule has 2 atom stereocenters. The van der Waals surface area contributed by atoms with Crippen molar-refractivity contribution in [1.29, 1.82) is 0 Å². The van der Waals surface area contributed by atoms with Gasteiger partial charge in [-0.2, -0.15) is 0 Å². The van der Waals surface area contributed by atoms with Crippen LogP contribution in [-0.4, -0.2) is 17.0 Å². The highest BCUT2D eigenvalue weighted by atomic mass is 16.4. The van der Waals surface area contributed by atoms with Crippen molar-refractivity contribution >= 4 is 17.6 Å². The molecule has 0 radical (unpaired) electrons. The number of aliphatic carboxylic acids is 1. The third-order valence-electron chi connectivity index (χ3n) is 4.15. The Morgan fingerprint density at radius 3 is 2.70 bits per heavy atom. The SMILES string of the molecule is Cc1cccc([C@@H]2C[C@H]2C(=O)Nc2cccc(CC(=O)O)c2)c1. The van der Waals surface area contributed by atoms with E-state index in [9.17, 15) is 9.59 Å². The fourth-order valence-electron chi connectivity index (χ4n) is 2.92. The number of carboxylic acid groups (broad SMARTS) is 1. The van der Waals surface area contributed by atoms with Crippen LogP contribution in [0, 0.1) is 12.8 Å². The van der Waals surface area contributed by atoms with Gasteiger partial charge in [-0.3, -0.25) is 9.59 Å². The molecule has 3 rings (SSSR count). The van der Waals surface area contributed by atoms with Crippen LogP contribution in [0.2, 0.25) is 0 Å². The minimum atomic E-state index is -0.879. The molecule has 1 aliphatic rings. The van der Waals surface area contributed by atoms with Gasteiger partial charge in [0.2, 0.25) is 5.91 Å². The van der Waals surface area contributed by atoms with E-state index in [1.54, 1.807) is 24.3 Å². The Bertz CT molecular complexity index is 754. The molecule has 118 valence electrons. The summed E-state index contributed by atoms with van der Waals surface area (Å²) in [6.07, 6.45) is 0.823. The third-order valence-corrected chi connectivity index (χ3v) is 4.15. The van der Waals surface area contributed by atoms with E-state index in [0.29, 0.717) is 11.3 Å². The summed E-state index contributed by atoms with van der Waals surface area (Å²) in [5.41, 5.74) is 3.75. The topological polar surface area (TPSA) is 66.4 Å². The Balaban J connectivity index is 1.63. The number of amides is 1. The monoisotopic (exact) mass is 309 g/mol. The molecule has 0 aromatic heterocycles. The van der Waals surface area contributed by atoms with Crippen molar-refractivity contribution in [3.8, 4) is 0 Å². The molecular formula is C19H19NO3. The van der Waals surface area contributed by atoms with E-state index >= 15 is 0 Å². The van der Waals surface area contributed by atoms with E-state index in [4.69, 9.17) is 5.11 Å². The van der Waals surface area contributed by atoms with Gasteiger partial charge in [0.05, 0.1) is 6.42 Å². The van der Waals surface area contributed by atoms with Crippen LogP contribution < -0.4 is 5.32 Å². The Morgan fingerprint density at radius 2 is 1.96 bits per heavy atom. The summed E-state index contributed by atoms with van der Waals surface area (Å²) < 4.78 is 0. The Morgan fingerprint density at radius 1 is 1.17 bits per heavy atom. The van der Waals surface area contributed by atoms with Crippen LogP contribution in [0.5, 0.6) is 0 Å². The number of carbonyl (C=O) groups is 2. The van der Waals surface area contributed by atoms with Gasteiger partial charge in [0.25, 0.3) is 0 Å². The molecule has 0 heterocycles. The quantitative estimate of drug-likeness (QED) is 0.890. The number of carboxylic acids is 1. The first kappa shape index (κ1) is 15.3. The maximum Gasteiger partial charge on any atom is 0.307 e. The van der Waals surface area contributed by atoms with Gasteiger partial charge in [0, 0.05) is 11.6 Å². The molecule has 0 saturated heterocycles. The predicted octanol–water partition coefficient (Wildman–Crippen LogP) is 3.36. The van der Waals surface area contributed by atoms with Gasteiger partial charge in [0.1, 0.15) is 0 Å². The number of benzene rings is 2. The summed E-state index contributed by atoms with van der Waals surface area (Å²) in [4.78, 5) is 23.1. The summed E-state index contributed by atoms with van der Waals surface area (Å²) in [5, 5.41) is 11.7. The summed E-state index contributed by atoms with van der Waals surface area (Å²) in [7, 11) is 0. The standard InChI is InChI=1S/C19H19NO3/c1-12-4-2-6-14(8-12)16-11-17(16)19(23)20-15-7-3-5-13(9-15)10-18(21)22/h2-9,16-17H,10-11H2,1H3,(H,20,23)(H,21,22)/t16-,17+/m0/s1. The molecule has 2 aromatic carbocycles. The molecule has 1 saturated carbocycles. The summed E-state index contributed by atoms with van der Waals surface area (Å²) in [6, 6.07) is 15.3. The van der Waals surface area contributed by atoms with Crippen molar-refractivity contribution in [2.45, 2.75) is 25.7 Å². The van der Waals surface area contributed by atoms with Crippen molar-refractivity contribution < 1.29 is 14.7 Å². The number of nitrogens with one attached hydrogen (secondary N) is 1. The lowest BCUT2D eigenvalue weighted by Gasteiger charge is -2.07. The second-order valence-corrected chi connectivity index (χ2v) is 6.12. The van der Waals surface area contributed by atoms with Gasteiger partial charge in [0.15, 0.2) is 0 Å². The van der Waals surface area contributed by atoms with E-state index in [-0.39, 0.29) is 24.2 Å². The first-order chi connectivity index (χ1) is 11.0. The minimum Gasteiger partial charge on any atom is -0.481 e. The van der Waals surface area contributed by atoms with Crippen molar-refractivity contribution in [3.63, 3.8) is 0 Å². The van der Waals surface area contributed by atoms with Crippen LogP contribution in [0.4, 0.5) is 5.69 Å². The van der Waals surface area contributed by atoms with Crippen LogP contribution in [0.15, 0.2) is 48.5 Å². The first-order valence-corrected chi connectivity index (χ1v) is 7.71. The Hall–Kier alpha value is -2.62. The smallest absolute Gasteiger partial charge is 0.307 e. The van der Waals surface area contributed by atoms with E-state index in [1.807, 2.05) is 6.07 Å². The minimum absolute atomic E-state index is 0.0000649. The van der Waals surface area contributed by atoms with Crippen LogP contribution in [0.1, 0.15) is 29.0 Å². The van der Waals surface area contributed by atoms with Gasteiger partial charge in [-0.05, 0) is 42.5 Å². The second-order valence-electron chi connectivity index (χ2n) is 6.12. The molecule has 1 amide bonds. The zero-order valence-corrected chi connectivity index (χ0v) is 13.0. The largest absolute Gasteiger partial charge is 0.481 e. The van der Waals surface area contributed by atoms with Gasteiger partial charge in [-0.15, -0.1) is 0 Å². The van der Waals surface area contributed by atoms with E-state index < -0.39 is 5.97 Å². The average Bonchev–Trinajstić information content (AvgIpc) is 3.27. The highest BCUT2D eigenvalue weighted by Crippen LogP contribution is 2.48. The zero-order chi connectivity index (χ0) is 16.4. The van der Waals surface area contributed by atoms with Crippen molar-refractivity contribution in [1.82, 2.24) is 0 Å². The summed E-state index contributed by atoms with van der Waals surface area (Å²) in [5.74, 6) is -0.587. The molecular weight excluding hydrogens is 290 g/mol. The lowest BCUT2D eigenvalue weighted by molar-refractivity contribution is -0.136. The van der Waals surface area contributed by atoms with Crippen molar-refractivity contribution in [2.75, 3.05) is 5.32 Å². The van der Waals surface area contributed by atoms with Gasteiger partial charge >= 0.3 is 5.97 Å². The highest BCUT2D eigenvalue weighted by molar-refractivity contribution is 5.95. The molecule has 2 aromatic rings. The van der Waals surface area contributed by atoms with Gasteiger partial charge in [-0.25, -0.2) is 0 Å². The Kier molecular flexibility index (Phi) is 4.15.